The predicted octanol–water partition coefficient (Wildman–Crippen LogP) is 10.2. The Hall–Kier alpha value is -1.47. The van der Waals surface area contributed by atoms with E-state index in [0.717, 1.165) is 70.6 Å². The summed E-state index contributed by atoms with van der Waals surface area (Å²) in [4.78, 5) is 11.7. The molecule has 0 amide bonds. The summed E-state index contributed by atoms with van der Waals surface area (Å²) in [5.41, 5.74) is 0.594. The third-order valence-corrected chi connectivity index (χ3v) is 9.27. The molecule has 46 heavy (non-hydrogen) atoms. The van der Waals surface area contributed by atoms with Gasteiger partial charge < -0.3 is 24.4 Å². The van der Waals surface area contributed by atoms with Crippen molar-refractivity contribution >= 4 is 5.97 Å². The Morgan fingerprint density at radius 1 is 0.696 bits per heavy atom. The van der Waals surface area contributed by atoms with Crippen molar-refractivity contribution in [3.05, 3.63) is 36.0 Å². The minimum Gasteiger partial charge on any atom is -0.455 e. The van der Waals surface area contributed by atoms with Gasteiger partial charge in [0, 0.05) is 12.0 Å². The second kappa shape index (κ2) is 24.6. The highest BCUT2D eigenvalue weighted by atomic mass is 16.7. The summed E-state index contributed by atoms with van der Waals surface area (Å²) in [6, 6.07) is 0. The second-order valence-corrected chi connectivity index (χ2v) is 14.3. The lowest BCUT2D eigenvalue weighted by Crippen LogP contribution is -2.22. The number of hydrogen-bond acceptors (Lipinski definition) is 6. The van der Waals surface area contributed by atoms with Crippen molar-refractivity contribution in [3.8, 4) is 0 Å². The Labute approximate surface area is 282 Å². The van der Waals surface area contributed by atoms with Gasteiger partial charge in [0.1, 0.15) is 6.10 Å². The molecule has 6 nitrogen and oxygen atoms in total. The van der Waals surface area contributed by atoms with Crippen LogP contribution in [0.3, 0.4) is 0 Å². The third kappa shape index (κ3) is 19.4. The van der Waals surface area contributed by atoms with Crippen LogP contribution < -0.4 is 0 Å². The molecule has 0 saturated carbocycles. The summed E-state index contributed by atoms with van der Waals surface area (Å²) in [7, 11) is 0. The molecule has 2 heterocycles. The number of carbonyl (C=O) groups is 1. The number of aliphatic hydroxyl groups excluding tert-OH is 2. The third-order valence-electron chi connectivity index (χ3n) is 9.27. The van der Waals surface area contributed by atoms with Gasteiger partial charge in [-0.15, -0.1) is 0 Å². The SMILES string of the molecule is CCCCCCCCCCCCC1OC(C)(C)OC1CC/C=C\CC/C=C\CCC(O)CCCCCC(O)CC1=CC(C)OC1=O. The molecule has 0 aromatic carbocycles. The number of unbranched alkanes of at least 4 members (excludes halogenated alkanes) is 12. The highest BCUT2D eigenvalue weighted by molar-refractivity contribution is 5.90. The summed E-state index contributed by atoms with van der Waals surface area (Å²) < 4.78 is 17.6. The van der Waals surface area contributed by atoms with E-state index < -0.39 is 11.9 Å². The largest absolute Gasteiger partial charge is 0.455 e. The molecule has 0 spiro atoms. The van der Waals surface area contributed by atoms with Crippen LogP contribution in [-0.4, -0.2) is 52.5 Å². The highest BCUT2D eigenvalue weighted by Gasteiger charge is 2.40. The van der Waals surface area contributed by atoms with Crippen molar-refractivity contribution in [1.82, 2.24) is 0 Å². The first-order valence-corrected chi connectivity index (χ1v) is 19.1. The van der Waals surface area contributed by atoms with Gasteiger partial charge in [0.2, 0.25) is 0 Å². The number of cyclic esters (lactones) is 1. The monoisotopic (exact) mass is 647 g/mol. The molecule has 0 bridgehead atoms. The molecule has 1 fully saturated rings. The Balaban J connectivity index is 1.43. The zero-order valence-corrected chi connectivity index (χ0v) is 30.1. The molecule has 2 N–H and O–H groups in total. The van der Waals surface area contributed by atoms with Crippen molar-refractivity contribution in [3.63, 3.8) is 0 Å². The molecular weight excluding hydrogens is 576 g/mol. The maximum absolute atomic E-state index is 11.7. The van der Waals surface area contributed by atoms with Crippen LogP contribution in [0.2, 0.25) is 0 Å². The molecule has 5 atom stereocenters. The molecule has 5 unspecified atom stereocenters. The summed E-state index contributed by atoms with van der Waals surface area (Å²) in [5.74, 6) is -0.765. The molecule has 6 heteroatoms. The Kier molecular flexibility index (Phi) is 21.8. The van der Waals surface area contributed by atoms with E-state index in [9.17, 15) is 15.0 Å². The van der Waals surface area contributed by atoms with E-state index in [4.69, 9.17) is 14.2 Å². The Bertz CT molecular complexity index is 877. The summed E-state index contributed by atoms with van der Waals surface area (Å²) in [5, 5.41) is 20.5. The summed E-state index contributed by atoms with van der Waals surface area (Å²) >= 11 is 0. The first-order chi connectivity index (χ1) is 22.2. The lowest BCUT2D eigenvalue weighted by Gasteiger charge is -2.16. The normalized spacial score (nSPS) is 22.6. The minimum atomic E-state index is -0.506. The van der Waals surface area contributed by atoms with Crippen LogP contribution in [0.5, 0.6) is 0 Å². The molecular formula is C40H70O6. The lowest BCUT2D eigenvalue weighted by molar-refractivity contribution is -0.147. The molecule has 2 aliphatic rings. The van der Waals surface area contributed by atoms with E-state index in [-0.39, 0.29) is 30.4 Å². The number of hydrogen-bond donors (Lipinski definition) is 2. The first kappa shape index (κ1) is 40.7. The van der Waals surface area contributed by atoms with Crippen molar-refractivity contribution in [2.75, 3.05) is 0 Å². The average molecular weight is 647 g/mol. The second-order valence-electron chi connectivity index (χ2n) is 14.3. The smallest absolute Gasteiger partial charge is 0.334 e. The van der Waals surface area contributed by atoms with Crippen molar-refractivity contribution < 1.29 is 29.2 Å². The minimum absolute atomic E-state index is 0.184. The maximum atomic E-state index is 11.7. The average Bonchev–Trinajstić information content (AvgIpc) is 3.49. The molecule has 0 aliphatic carbocycles. The molecule has 0 aromatic rings. The summed E-state index contributed by atoms with van der Waals surface area (Å²) in [6.07, 6.45) is 35.5. The van der Waals surface area contributed by atoms with E-state index in [1.165, 1.54) is 64.2 Å². The van der Waals surface area contributed by atoms with Crippen LogP contribution >= 0.6 is 0 Å². The quantitative estimate of drug-likeness (QED) is 0.0500. The molecule has 0 aromatic heterocycles. The number of carbonyl (C=O) groups excluding carboxylic acids is 1. The van der Waals surface area contributed by atoms with Crippen LogP contribution in [-0.2, 0) is 19.0 Å². The first-order valence-electron chi connectivity index (χ1n) is 19.1. The molecule has 1 saturated heterocycles. The van der Waals surface area contributed by atoms with Gasteiger partial charge in [-0.25, -0.2) is 4.79 Å². The fraction of sp³-hybridized carbons (Fsp3) is 0.825. The summed E-state index contributed by atoms with van der Waals surface area (Å²) in [6.45, 7) is 8.20. The predicted molar refractivity (Wildman–Crippen MR) is 190 cm³/mol. The number of ether oxygens (including phenoxy) is 3. The van der Waals surface area contributed by atoms with Gasteiger partial charge in [-0.3, -0.25) is 0 Å². The van der Waals surface area contributed by atoms with E-state index in [0.29, 0.717) is 18.4 Å². The number of allylic oxidation sites excluding steroid dienone is 4. The number of rotatable bonds is 28. The maximum Gasteiger partial charge on any atom is 0.334 e. The lowest BCUT2D eigenvalue weighted by atomic mass is 10.0. The Morgan fingerprint density at radius 2 is 1.22 bits per heavy atom. The topological polar surface area (TPSA) is 85.2 Å². The van der Waals surface area contributed by atoms with Gasteiger partial charge in [-0.2, -0.15) is 0 Å². The molecule has 2 aliphatic heterocycles. The zero-order valence-electron chi connectivity index (χ0n) is 30.1. The number of esters is 1. The molecule has 2 rings (SSSR count). The van der Waals surface area contributed by atoms with Gasteiger partial charge >= 0.3 is 5.97 Å². The molecule has 266 valence electrons. The van der Waals surface area contributed by atoms with Crippen LogP contribution in [0, 0.1) is 0 Å². The number of aliphatic hydroxyl groups is 2. The van der Waals surface area contributed by atoms with Gasteiger partial charge in [0.25, 0.3) is 0 Å². The van der Waals surface area contributed by atoms with Gasteiger partial charge in [0.15, 0.2) is 5.79 Å². The van der Waals surface area contributed by atoms with Crippen LogP contribution in [0.25, 0.3) is 0 Å². The fourth-order valence-corrected chi connectivity index (χ4v) is 6.66. The van der Waals surface area contributed by atoms with Gasteiger partial charge in [-0.05, 0) is 84.6 Å². The van der Waals surface area contributed by atoms with E-state index >= 15 is 0 Å². The van der Waals surface area contributed by atoms with Gasteiger partial charge in [0.05, 0.1) is 24.4 Å². The van der Waals surface area contributed by atoms with Crippen molar-refractivity contribution in [2.45, 2.75) is 212 Å². The van der Waals surface area contributed by atoms with E-state index in [1.807, 2.05) is 20.8 Å². The fourth-order valence-electron chi connectivity index (χ4n) is 6.66. The van der Waals surface area contributed by atoms with Crippen molar-refractivity contribution in [1.29, 1.82) is 0 Å². The van der Waals surface area contributed by atoms with Crippen LogP contribution in [0.1, 0.15) is 175 Å². The molecule has 0 radical (unpaired) electrons. The highest BCUT2D eigenvalue weighted by Crippen LogP contribution is 2.33. The van der Waals surface area contributed by atoms with Crippen LogP contribution in [0.15, 0.2) is 36.0 Å². The van der Waals surface area contributed by atoms with Crippen LogP contribution in [0.4, 0.5) is 0 Å². The zero-order chi connectivity index (χ0) is 33.5. The standard InChI is InChI=1S/C40H70O6/c1-5-6-7-8-9-10-11-15-18-24-29-37-38(46-40(3,4)45-37)30-25-19-16-13-12-14-17-21-26-35(41)27-22-20-23-28-36(42)32-34-31-33(2)44-39(34)43/h14,16-17,19,31,33,35-38,41-42H,5-13,15,18,20-30,32H2,1-4H3/b17-14-,19-16-. The Morgan fingerprint density at radius 3 is 1.83 bits per heavy atom. The van der Waals surface area contributed by atoms with Crippen molar-refractivity contribution in [2.24, 2.45) is 0 Å². The van der Waals surface area contributed by atoms with Gasteiger partial charge in [-0.1, -0.05) is 115 Å². The van der Waals surface area contributed by atoms with E-state index in [2.05, 4.69) is 31.2 Å². The van der Waals surface area contributed by atoms with E-state index in [1.54, 1.807) is 6.08 Å².